The van der Waals surface area contributed by atoms with Crippen LogP contribution in [0.25, 0.3) is 11.3 Å². The summed E-state index contributed by atoms with van der Waals surface area (Å²) in [5.41, 5.74) is 1.33. The minimum Gasteiger partial charge on any atom is -0.490 e. The van der Waals surface area contributed by atoms with E-state index in [9.17, 15) is 9.90 Å². The van der Waals surface area contributed by atoms with Crippen molar-refractivity contribution >= 4 is 29.1 Å². The number of benzene rings is 2. The SMILES string of the molecule is CCOc1ccccc1O[C@@H]1CCCN(c2cncc(Nc3cccc(-c4ccc(NC(C)(C)C(=O)O)cc4)n3)n2)C1. The molecule has 1 saturated heterocycles. The van der Waals surface area contributed by atoms with Crippen molar-refractivity contribution in [2.45, 2.75) is 45.3 Å². The topological polar surface area (TPSA) is 122 Å². The van der Waals surface area contributed by atoms with E-state index >= 15 is 0 Å². The Labute approximate surface area is 245 Å². The van der Waals surface area contributed by atoms with Crippen LogP contribution in [0.15, 0.2) is 79.1 Å². The van der Waals surface area contributed by atoms with Gasteiger partial charge in [-0.1, -0.05) is 30.3 Å². The van der Waals surface area contributed by atoms with Gasteiger partial charge >= 0.3 is 5.97 Å². The number of hydrogen-bond acceptors (Lipinski definition) is 9. The molecule has 0 bridgehead atoms. The lowest BCUT2D eigenvalue weighted by Crippen LogP contribution is -2.41. The number of rotatable bonds is 11. The maximum Gasteiger partial charge on any atom is 0.328 e. The number of para-hydroxylation sites is 2. The quantitative estimate of drug-likeness (QED) is 0.198. The third-order valence-electron chi connectivity index (χ3n) is 6.94. The van der Waals surface area contributed by atoms with Crippen LogP contribution in [-0.2, 0) is 4.79 Å². The number of nitrogens with zero attached hydrogens (tertiary/aromatic N) is 4. The first-order valence-corrected chi connectivity index (χ1v) is 14.1. The summed E-state index contributed by atoms with van der Waals surface area (Å²) < 4.78 is 12.1. The van der Waals surface area contributed by atoms with Gasteiger partial charge in [0.15, 0.2) is 17.3 Å². The molecular weight excluding hydrogens is 532 g/mol. The lowest BCUT2D eigenvalue weighted by molar-refractivity contribution is -0.141. The fraction of sp³-hybridized carbons (Fsp3) is 0.312. The molecule has 10 heteroatoms. The molecule has 1 atom stereocenters. The van der Waals surface area contributed by atoms with Crippen molar-refractivity contribution in [3.63, 3.8) is 0 Å². The lowest BCUT2D eigenvalue weighted by atomic mass is 10.0. The van der Waals surface area contributed by atoms with Gasteiger partial charge < -0.3 is 30.1 Å². The second-order valence-electron chi connectivity index (χ2n) is 10.6. The van der Waals surface area contributed by atoms with Crippen LogP contribution in [0.4, 0.5) is 23.1 Å². The number of pyridine rings is 1. The van der Waals surface area contributed by atoms with E-state index in [-0.39, 0.29) is 6.10 Å². The van der Waals surface area contributed by atoms with Crippen molar-refractivity contribution in [1.29, 1.82) is 0 Å². The third kappa shape index (κ3) is 7.06. The number of aromatic nitrogens is 3. The molecule has 218 valence electrons. The van der Waals surface area contributed by atoms with Gasteiger partial charge in [0.2, 0.25) is 0 Å². The Balaban J connectivity index is 1.25. The number of ether oxygens (including phenoxy) is 2. The Hall–Kier alpha value is -4.86. The maximum absolute atomic E-state index is 11.4. The van der Waals surface area contributed by atoms with Gasteiger partial charge in [0.25, 0.3) is 0 Å². The molecule has 42 heavy (non-hydrogen) atoms. The zero-order valence-corrected chi connectivity index (χ0v) is 24.1. The standard InChI is InChI=1S/C32H36N6O4/c1-4-41-26-11-5-6-12-27(26)42-24-9-8-18-38(21-24)30-20-33-19-29(36-30)35-28-13-7-10-25(34-28)22-14-16-23(17-15-22)37-32(2,3)31(39)40/h5-7,10-17,19-20,24,37H,4,8-9,18,21H2,1-3H3,(H,39,40)(H,34,35,36)/t24-/m1/s1. The second-order valence-corrected chi connectivity index (χ2v) is 10.6. The van der Waals surface area contributed by atoms with Gasteiger partial charge in [0, 0.05) is 17.8 Å². The van der Waals surface area contributed by atoms with Crippen LogP contribution in [0, 0.1) is 0 Å². The molecule has 0 saturated carbocycles. The number of carboxylic acid groups (broad SMARTS) is 1. The number of nitrogens with one attached hydrogen (secondary N) is 2. The minimum absolute atomic E-state index is 0.00825. The van der Waals surface area contributed by atoms with Crippen LogP contribution >= 0.6 is 0 Å². The smallest absolute Gasteiger partial charge is 0.328 e. The molecule has 3 heterocycles. The molecule has 0 aliphatic carbocycles. The number of aliphatic carboxylic acids is 1. The number of hydrogen-bond donors (Lipinski definition) is 3. The normalized spacial score (nSPS) is 15.1. The Morgan fingerprint density at radius 3 is 2.55 bits per heavy atom. The summed E-state index contributed by atoms with van der Waals surface area (Å²) >= 11 is 0. The Kier molecular flexibility index (Phi) is 8.71. The van der Waals surface area contributed by atoms with E-state index in [1.54, 1.807) is 26.2 Å². The fourth-order valence-electron chi connectivity index (χ4n) is 4.75. The first-order chi connectivity index (χ1) is 20.3. The molecule has 10 nitrogen and oxygen atoms in total. The first-order valence-electron chi connectivity index (χ1n) is 14.1. The summed E-state index contributed by atoms with van der Waals surface area (Å²) in [7, 11) is 0. The number of carbonyl (C=O) groups is 1. The van der Waals surface area contributed by atoms with Gasteiger partial charge in [-0.3, -0.25) is 4.98 Å². The highest BCUT2D eigenvalue weighted by Gasteiger charge is 2.26. The molecule has 5 rings (SSSR count). The van der Waals surface area contributed by atoms with Gasteiger partial charge in [0.1, 0.15) is 23.3 Å². The van der Waals surface area contributed by atoms with E-state index in [1.807, 2.05) is 73.7 Å². The number of carboxylic acids is 1. The molecule has 1 aliphatic rings. The predicted molar refractivity (Wildman–Crippen MR) is 164 cm³/mol. The molecule has 3 N–H and O–H groups in total. The average molecular weight is 569 g/mol. The summed E-state index contributed by atoms with van der Waals surface area (Å²) in [6.07, 6.45) is 5.39. The molecule has 0 spiro atoms. The highest BCUT2D eigenvalue weighted by molar-refractivity contribution is 5.81. The zero-order valence-electron chi connectivity index (χ0n) is 24.1. The molecule has 0 radical (unpaired) electrons. The summed E-state index contributed by atoms with van der Waals surface area (Å²) in [6, 6.07) is 21.0. The zero-order chi connectivity index (χ0) is 29.5. The van der Waals surface area contributed by atoms with E-state index in [1.165, 1.54) is 0 Å². The lowest BCUT2D eigenvalue weighted by Gasteiger charge is -2.33. The van der Waals surface area contributed by atoms with Gasteiger partial charge in [0.05, 0.1) is 31.2 Å². The van der Waals surface area contributed by atoms with Crippen LogP contribution in [0.3, 0.4) is 0 Å². The molecule has 0 unspecified atom stereocenters. The predicted octanol–water partition coefficient (Wildman–Crippen LogP) is 6.00. The Morgan fingerprint density at radius 1 is 1.00 bits per heavy atom. The number of anilines is 4. The average Bonchev–Trinajstić information content (AvgIpc) is 2.99. The van der Waals surface area contributed by atoms with E-state index in [2.05, 4.69) is 20.5 Å². The Bertz CT molecular complexity index is 1510. The fourth-order valence-corrected chi connectivity index (χ4v) is 4.75. The van der Waals surface area contributed by atoms with Crippen molar-refractivity contribution in [3.05, 3.63) is 79.1 Å². The molecule has 1 fully saturated rings. The van der Waals surface area contributed by atoms with Crippen LogP contribution in [0.2, 0.25) is 0 Å². The van der Waals surface area contributed by atoms with Crippen molar-refractivity contribution in [1.82, 2.24) is 15.0 Å². The highest BCUT2D eigenvalue weighted by atomic mass is 16.5. The summed E-state index contributed by atoms with van der Waals surface area (Å²) in [5.74, 6) is 2.60. The van der Waals surface area contributed by atoms with Crippen LogP contribution in [0.1, 0.15) is 33.6 Å². The molecule has 2 aromatic carbocycles. The van der Waals surface area contributed by atoms with Crippen LogP contribution in [0.5, 0.6) is 11.5 Å². The maximum atomic E-state index is 11.4. The summed E-state index contributed by atoms with van der Waals surface area (Å²) in [6.45, 7) is 7.36. The molecule has 0 amide bonds. The van der Waals surface area contributed by atoms with Gasteiger partial charge in [-0.15, -0.1) is 0 Å². The second kappa shape index (κ2) is 12.8. The molecule has 2 aromatic heterocycles. The summed E-state index contributed by atoms with van der Waals surface area (Å²) in [4.78, 5) is 27.6. The van der Waals surface area contributed by atoms with E-state index < -0.39 is 11.5 Å². The largest absolute Gasteiger partial charge is 0.490 e. The van der Waals surface area contributed by atoms with Crippen LogP contribution < -0.4 is 25.0 Å². The summed E-state index contributed by atoms with van der Waals surface area (Å²) in [5, 5.41) is 15.7. The van der Waals surface area contributed by atoms with Gasteiger partial charge in [-0.25, -0.2) is 14.8 Å². The van der Waals surface area contributed by atoms with E-state index in [4.69, 9.17) is 19.4 Å². The monoisotopic (exact) mass is 568 g/mol. The van der Waals surface area contributed by atoms with E-state index in [0.29, 0.717) is 24.8 Å². The van der Waals surface area contributed by atoms with Crippen molar-refractivity contribution in [2.75, 3.05) is 35.2 Å². The van der Waals surface area contributed by atoms with Crippen molar-refractivity contribution in [3.8, 4) is 22.8 Å². The van der Waals surface area contributed by atoms with Gasteiger partial charge in [-0.2, -0.15) is 0 Å². The van der Waals surface area contributed by atoms with Gasteiger partial charge in [-0.05, 0) is 70.0 Å². The van der Waals surface area contributed by atoms with E-state index in [0.717, 1.165) is 53.6 Å². The number of piperidine rings is 1. The Morgan fingerprint density at radius 2 is 1.79 bits per heavy atom. The molecule has 1 aliphatic heterocycles. The highest BCUT2D eigenvalue weighted by Crippen LogP contribution is 2.30. The molecule has 4 aromatic rings. The first kappa shape index (κ1) is 28.7. The molecular formula is C32H36N6O4. The third-order valence-corrected chi connectivity index (χ3v) is 6.94. The van der Waals surface area contributed by atoms with Crippen molar-refractivity contribution in [2.24, 2.45) is 0 Å². The minimum atomic E-state index is -1.07. The van der Waals surface area contributed by atoms with Crippen molar-refractivity contribution < 1.29 is 19.4 Å². The van der Waals surface area contributed by atoms with Crippen LogP contribution in [-0.4, -0.2) is 57.4 Å².